The van der Waals surface area contributed by atoms with Gasteiger partial charge in [-0.1, -0.05) is 17.7 Å². The lowest BCUT2D eigenvalue weighted by molar-refractivity contribution is -0.148. The first-order valence-electron chi connectivity index (χ1n) is 5.41. The van der Waals surface area contributed by atoms with Gasteiger partial charge in [0.05, 0.1) is 5.41 Å². The van der Waals surface area contributed by atoms with E-state index in [4.69, 9.17) is 5.11 Å². The molecule has 0 heterocycles. The van der Waals surface area contributed by atoms with Crippen LogP contribution in [0.4, 0.5) is 5.69 Å². The van der Waals surface area contributed by atoms with E-state index in [1.807, 2.05) is 19.1 Å². The molecule has 2 N–H and O–H groups in total. The lowest BCUT2D eigenvalue weighted by atomic mass is 9.89. The second-order valence-electron chi connectivity index (χ2n) is 4.78. The molecule has 4 heteroatoms. The fourth-order valence-corrected chi connectivity index (χ4v) is 1.32. The lowest BCUT2D eigenvalue weighted by Crippen LogP contribution is -2.29. The summed E-state index contributed by atoms with van der Waals surface area (Å²) in [5, 5.41) is 11.6. The number of amides is 1. The molecule has 17 heavy (non-hydrogen) atoms. The highest BCUT2D eigenvalue weighted by Gasteiger charge is 2.30. The summed E-state index contributed by atoms with van der Waals surface area (Å²) >= 11 is 0. The van der Waals surface area contributed by atoms with Gasteiger partial charge in [-0.25, -0.2) is 0 Å². The van der Waals surface area contributed by atoms with Crippen LogP contribution in [0.5, 0.6) is 0 Å². The number of hydrogen-bond donors (Lipinski definition) is 2. The second-order valence-corrected chi connectivity index (χ2v) is 4.78. The van der Waals surface area contributed by atoms with Gasteiger partial charge in [0, 0.05) is 12.1 Å². The van der Waals surface area contributed by atoms with Gasteiger partial charge < -0.3 is 10.4 Å². The molecule has 0 aliphatic rings. The zero-order valence-corrected chi connectivity index (χ0v) is 10.3. The predicted octanol–water partition coefficient (Wildman–Crippen LogP) is 2.43. The standard InChI is InChI=1S/C13H17NO3/c1-9-4-6-10(7-5-9)14-11(15)8-13(2,3)12(16)17/h4-7H,8H2,1-3H3,(H,14,15)(H,16,17). The van der Waals surface area contributed by atoms with Crippen LogP contribution in [0, 0.1) is 12.3 Å². The predicted molar refractivity (Wildman–Crippen MR) is 65.8 cm³/mol. The third kappa shape index (κ3) is 3.90. The van der Waals surface area contributed by atoms with Crippen molar-refractivity contribution < 1.29 is 14.7 Å². The summed E-state index contributed by atoms with van der Waals surface area (Å²) in [5.41, 5.74) is 0.741. The van der Waals surface area contributed by atoms with Crippen LogP contribution in [-0.2, 0) is 9.59 Å². The van der Waals surface area contributed by atoms with Crippen LogP contribution in [0.25, 0.3) is 0 Å². The average Bonchev–Trinajstić information content (AvgIpc) is 2.20. The third-order valence-electron chi connectivity index (χ3n) is 2.52. The van der Waals surface area contributed by atoms with E-state index < -0.39 is 11.4 Å². The summed E-state index contributed by atoms with van der Waals surface area (Å²) in [5.74, 6) is -1.27. The number of carbonyl (C=O) groups is 2. The first kappa shape index (κ1) is 13.2. The van der Waals surface area contributed by atoms with Crippen LogP contribution in [-0.4, -0.2) is 17.0 Å². The molecule has 0 aliphatic carbocycles. The summed E-state index contributed by atoms with van der Waals surface area (Å²) in [6.45, 7) is 5.02. The van der Waals surface area contributed by atoms with Gasteiger partial charge in [-0.3, -0.25) is 9.59 Å². The van der Waals surface area contributed by atoms with Crippen LogP contribution in [0.2, 0.25) is 0 Å². The second kappa shape index (κ2) is 4.99. The summed E-state index contributed by atoms with van der Waals surface area (Å²) < 4.78 is 0. The summed E-state index contributed by atoms with van der Waals surface area (Å²) in [6.07, 6.45) is -0.0454. The Labute approximate surface area is 101 Å². The van der Waals surface area contributed by atoms with Crippen molar-refractivity contribution in [2.75, 3.05) is 5.32 Å². The maximum absolute atomic E-state index is 11.6. The molecule has 0 aromatic heterocycles. The SMILES string of the molecule is Cc1ccc(NC(=O)CC(C)(C)C(=O)O)cc1. The highest BCUT2D eigenvalue weighted by atomic mass is 16.4. The number of aryl methyl sites for hydroxylation is 1. The van der Waals surface area contributed by atoms with Crippen molar-refractivity contribution in [3.63, 3.8) is 0 Å². The van der Waals surface area contributed by atoms with Crippen molar-refractivity contribution >= 4 is 17.6 Å². The van der Waals surface area contributed by atoms with E-state index in [1.165, 1.54) is 13.8 Å². The number of aliphatic carboxylic acids is 1. The minimum absolute atomic E-state index is 0.0454. The Morgan fingerprint density at radius 3 is 2.24 bits per heavy atom. The van der Waals surface area contributed by atoms with E-state index in [0.717, 1.165) is 5.56 Å². The molecule has 0 fully saturated rings. The quantitative estimate of drug-likeness (QED) is 0.842. The van der Waals surface area contributed by atoms with Crippen LogP contribution in [0.1, 0.15) is 25.8 Å². The van der Waals surface area contributed by atoms with Gasteiger partial charge in [-0.15, -0.1) is 0 Å². The number of nitrogens with one attached hydrogen (secondary N) is 1. The first-order valence-corrected chi connectivity index (χ1v) is 5.41. The fourth-order valence-electron chi connectivity index (χ4n) is 1.32. The van der Waals surface area contributed by atoms with Gasteiger partial charge in [-0.2, -0.15) is 0 Å². The van der Waals surface area contributed by atoms with Crippen LogP contribution in [0.3, 0.4) is 0 Å². The van der Waals surface area contributed by atoms with E-state index in [2.05, 4.69) is 5.32 Å². The van der Waals surface area contributed by atoms with E-state index >= 15 is 0 Å². The van der Waals surface area contributed by atoms with Crippen LogP contribution < -0.4 is 5.32 Å². The molecule has 0 aliphatic heterocycles. The number of hydrogen-bond acceptors (Lipinski definition) is 2. The molecular formula is C13H17NO3. The molecule has 92 valence electrons. The van der Waals surface area contributed by atoms with E-state index in [9.17, 15) is 9.59 Å². The minimum atomic E-state index is -1.05. The number of benzene rings is 1. The molecule has 0 bridgehead atoms. The van der Waals surface area contributed by atoms with E-state index in [-0.39, 0.29) is 12.3 Å². The molecule has 1 aromatic rings. The summed E-state index contributed by atoms with van der Waals surface area (Å²) in [6, 6.07) is 7.36. The Kier molecular flexibility index (Phi) is 3.89. The van der Waals surface area contributed by atoms with Crippen molar-refractivity contribution in [1.82, 2.24) is 0 Å². The molecule has 1 aromatic carbocycles. The fraction of sp³-hybridized carbons (Fsp3) is 0.385. The van der Waals surface area contributed by atoms with Crippen molar-refractivity contribution in [2.45, 2.75) is 27.2 Å². The molecule has 4 nitrogen and oxygen atoms in total. The number of carboxylic acids is 1. The maximum atomic E-state index is 11.6. The molecule has 0 saturated heterocycles. The van der Waals surface area contributed by atoms with Crippen molar-refractivity contribution in [2.24, 2.45) is 5.41 Å². The smallest absolute Gasteiger partial charge is 0.309 e. The Morgan fingerprint density at radius 2 is 1.76 bits per heavy atom. The number of anilines is 1. The van der Waals surface area contributed by atoms with Crippen molar-refractivity contribution in [3.05, 3.63) is 29.8 Å². The zero-order chi connectivity index (χ0) is 13.1. The first-order chi connectivity index (χ1) is 7.81. The highest BCUT2D eigenvalue weighted by Crippen LogP contribution is 2.21. The Balaban J connectivity index is 2.62. The Bertz CT molecular complexity index is 421. The van der Waals surface area contributed by atoms with Crippen LogP contribution >= 0.6 is 0 Å². The molecule has 0 unspecified atom stereocenters. The minimum Gasteiger partial charge on any atom is -0.481 e. The normalized spacial score (nSPS) is 11.0. The van der Waals surface area contributed by atoms with E-state index in [0.29, 0.717) is 5.69 Å². The molecule has 0 radical (unpaired) electrons. The van der Waals surface area contributed by atoms with Gasteiger partial charge >= 0.3 is 5.97 Å². The number of rotatable bonds is 4. The van der Waals surface area contributed by atoms with Gasteiger partial charge in [0.15, 0.2) is 0 Å². The largest absolute Gasteiger partial charge is 0.481 e. The highest BCUT2D eigenvalue weighted by molar-refractivity contribution is 5.94. The topological polar surface area (TPSA) is 66.4 Å². The van der Waals surface area contributed by atoms with Gasteiger partial charge in [0.1, 0.15) is 0 Å². The average molecular weight is 235 g/mol. The lowest BCUT2D eigenvalue weighted by Gasteiger charge is -2.18. The Morgan fingerprint density at radius 1 is 1.24 bits per heavy atom. The monoisotopic (exact) mass is 235 g/mol. The van der Waals surface area contributed by atoms with Gasteiger partial charge in [0.2, 0.25) is 5.91 Å². The Hall–Kier alpha value is -1.84. The third-order valence-corrected chi connectivity index (χ3v) is 2.52. The summed E-state index contributed by atoms with van der Waals surface area (Å²) in [4.78, 5) is 22.5. The molecular weight excluding hydrogens is 218 g/mol. The van der Waals surface area contributed by atoms with Crippen molar-refractivity contribution in [1.29, 1.82) is 0 Å². The maximum Gasteiger partial charge on any atom is 0.309 e. The molecule has 0 atom stereocenters. The van der Waals surface area contributed by atoms with Gasteiger partial charge in [0.25, 0.3) is 0 Å². The van der Waals surface area contributed by atoms with Crippen molar-refractivity contribution in [3.8, 4) is 0 Å². The zero-order valence-electron chi connectivity index (χ0n) is 10.3. The number of carboxylic acid groups (broad SMARTS) is 1. The number of carbonyl (C=O) groups excluding carboxylic acids is 1. The van der Waals surface area contributed by atoms with Crippen LogP contribution in [0.15, 0.2) is 24.3 Å². The molecule has 0 spiro atoms. The van der Waals surface area contributed by atoms with E-state index in [1.54, 1.807) is 12.1 Å². The summed E-state index contributed by atoms with van der Waals surface area (Å²) in [7, 11) is 0. The molecule has 0 saturated carbocycles. The van der Waals surface area contributed by atoms with Gasteiger partial charge in [-0.05, 0) is 32.9 Å². The molecule has 1 amide bonds. The molecule has 1 rings (SSSR count).